The summed E-state index contributed by atoms with van der Waals surface area (Å²) >= 11 is 5.10. The molecule has 0 spiro atoms. The highest BCUT2D eigenvalue weighted by molar-refractivity contribution is 14.0. The maximum atomic E-state index is 12.0. The maximum absolute atomic E-state index is 12.0. The van der Waals surface area contributed by atoms with E-state index in [1.54, 1.807) is 18.4 Å². The zero-order chi connectivity index (χ0) is 18.9. The number of halogens is 2. The van der Waals surface area contributed by atoms with E-state index < -0.39 is 0 Å². The molecule has 0 radical (unpaired) electrons. The second-order valence-corrected chi connectivity index (χ2v) is 7.93. The summed E-state index contributed by atoms with van der Waals surface area (Å²) in [4.78, 5) is 21.9. The van der Waals surface area contributed by atoms with Crippen LogP contribution >= 0.6 is 51.2 Å². The minimum atomic E-state index is -0.0380. The van der Waals surface area contributed by atoms with E-state index >= 15 is 0 Å². The lowest BCUT2D eigenvalue weighted by molar-refractivity contribution is -0.116. The van der Waals surface area contributed by atoms with Crippen LogP contribution in [0.2, 0.25) is 0 Å². The molecule has 0 fully saturated rings. The van der Waals surface area contributed by atoms with Gasteiger partial charge in [-0.2, -0.15) is 0 Å². The summed E-state index contributed by atoms with van der Waals surface area (Å²) in [5, 5.41) is 10.4. The van der Waals surface area contributed by atoms with Crippen LogP contribution in [0.3, 0.4) is 0 Å². The molecule has 1 aromatic heterocycles. The number of aryl methyl sites for hydroxylation is 2. The lowest BCUT2D eigenvalue weighted by Gasteiger charge is -2.11. The molecule has 9 heteroatoms. The fourth-order valence-electron chi connectivity index (χ4n) is 2.21. The number of aliphatic imine (C=N–C) groups is 1. The molecule has 27 heavy (non-hydrogen) atoms. The molecule has 0 aliphatic carbocycles. The highest BCUT2D eigenvalue weighted by Crippen LogP contribution is 2.16. The third kappa shape index (κ3) is 8.56. The second kappa shape index (κ2) is 12.3. The van der Waals surface area contributed by atoms with Gasteiger partial charge in [-0.3, -0.25) is 9.79 Å². The van der Waals surface area contributed by atoms with Crippen molar-refractivity contribution in [2.75, 3.05) is 25.5 Å². The number of carbonyl (C=O) groups is 1. The molecule has 1 heterocycles. The number of anilines is 1. The third-order valence-corrected chi connectivity index (χ3v) is 5.36. The molecule has 0 bridgehead atoms. The number of carbonyl (C=O) groups excluding carboxylic acids is 1. The van der Waals surface area contributed by atoms with Gasteiger partial charge >= 0.3 is 0 Å². The Morgan fingerprint density at radius 3 is 2.44 bits per heavy atom. The Bertz CT molecular complexity index is 744. The summed E-state index contributed by atoms with van der Waals surface area (Å²) in [6.45, 7) is 5.38. The van der Waals surface area contributed by atoms with E-state index in [9.17, 15) is 4.79 Å². The minimum Gasteiger partial charge on any atom is -0.356 e. The number of nitrogens with one attached hydrogen (secondary N) is 3. The van der Waals surface area contributed by atoms with Crippen LogP contribution in [-0.2, 0) is 11.2 Å². The highest BCUT2D eigenvalue weighted by atomic mass is 127. The molecule has 148 valence electrons. The van der Waals surface area contributed by atoms with Gasteiger partial charge in [0.25, 0.3) is 0 Å². The van der Waals surface area contributed by atoms with Crippen molar-refractivity contribution in [1.82, 2.24) is 15.6 Å². The first-order valence-electron chi connectivity index (χ1n) is 8.40. The molecular weight excluding hydrogens is 541 g/mol. The zero-order valence-corrected chi connectivity index (χ0v) is 20.4. The number of nitrogens with zero attached hydrogens (tertiary/aromatic N) is 2. The zero-order valence-electron chi connectivity index (χ0n) is 15.6. The Morgan fingerprint density at radius 2 is 1.85 bits per heavy atom. The molecule has 2 aromatic rings. The molecule has 0 saturated heterocycles. The van der Waals surface area contributed by atoms with Crippen molar-refractivity contribution < 1.29 is 4.79 Å². The van der Waals surface area contributed by atoms with Crippen LogP contribution in [0.25, 0.3) is 0 Å². The van der Waals surface area contributed by atoms with E-state index in [0.717, 1.165) is 33.8 Å². The van der Waals surface area contributed by atoms with Gasteiger partial charge in [0.2, 0.25) is 5.91 Å². The fraction of sp³-hybridized carbons (Fsp3) is 0.389. The lowest BCUT2D eigenvalue weighted by atomic mass is 10.3. The second-order valence-electron chi connectivity index (χ2n) is 5.73. The smallest absolute Gasteiger partial charge is 0.226 e. The predicted octanol–water partition coefficient (Wildman–Crippen LogP) is 3.88. The van der Waals surface area contributed by atoms with Gasteiger partial charge < -0.3 is 16.0 Å². The first kappa shape index (κ1) is 23.8. The van der Waals surface area contributed by atoms with Crippen molar-refractivity contribution in [3.63, 3.8) is 0 Å². The molecule has 6 nitrogen and oxygen atoms in total. The average molecular weight is 566 g/mol. The molecule has 1 amide bonds. The molecule has 0 aliphatic rings. The van der Waals surface area contributed by atoms with E-state index in [2.05, 4.69) is 48.8 Å². The maximum Gasteiger partial charge on any atom is 0.226 e. The van der Waals surface area contributed by atoms with Crippen LogP contribution in [-0.4, -0.2) is 37.0 Å². The number of hydrogen-bond acceptors (Lipinski definition) is 4. The van der Waals surface area contributed by atoms with E-state index in [0.29, 0.717) is 18.9 Å². The average Bonchev–Trinajstić information content (AvgIpc) is 2.93. The highest BCUT2D eigenvalue weighted by Gasteiger charge is 2.05. The van der Waals surface area contributed by atoms with Gasteiger partial charge in [0.15, 0.2) is 5.96 Å². The Kier molecular flexibility index (Phi) is 10.9. The van der Waals surface area contributed by atoms with Crippen molar-refractivity contribution in [1.29, 1.82) is 0 Å². The molecule has 3 N–H and O–H groups in total. The number of guanidine groups is 1. The van der Waals surface area contributed by atoms with Crippen LogP contribution < -0.4 is 16.0 Å². The normalized spacial score (nSPS) is 10.9. The number of benzene rings is 1. The summed E-state index contributed by atoms with van der Waals surface area (Å²) < 4.78 is 0.982. The molecule has 2 rings (SSSR count). The topological polar surface area (TPSA) is 78.4 Å². The van der Waals surface area contributed by atoms with Gasteiger partial charge in [0, 0.05) is 48.0 Å². The Labute approximate surface area is 189 Å². The minimum absolute atomic E-state index is 0. The fourth-order valence-corrected chi connectivity index (χ4v) is 3.40. The number of hydrogen-bond donors (Lipinski definition) is 3. The number of thiazole rings is 1. The SMILES string of the molecule is CN=C(NCCC(=O)Nc1ccc(Br)cc1)NCCc1nc(C)c(C)s1.I. The van der Waals surface area contributed by atoms with Crippen molar-refractivity contribution in [2.45, 2.75) is 26.7 Å². The summed E-state index contributed by atoms with van der Waals surface area (Å²) in [6, 6.07) is 7.51. The van der Waals surface area contributed by atoms with Crippen molar-refractivity contribution in [3.05, 3.63) is 44.3 Å². The number of amides is 1. The molecule has 0 aliphatic heterocycles. The van der Waals surface area contributed by atoms with Gasteiger partial charge in [-0.25, -0.2) is 4.98 Å². The standard InChI is InChI=1S/C18H24BrN5OS.HI/c1-12-13(2)26-17(23-12)9-11-22-18(20-3)21-10-8-16(25)24-15-6-4-14(19)5-7-15;/h4-7H,8-11H2,1-3H3,(H,24,25)(H2,20,21,22);1H. The summed E-state index contributed by atoms with van der Waals surface area (Å²) in [6.07, 6.45) is 1.21. The predicted molar refractivity (Wildman–Crippen MR) is 127 cm³/mol. The van der Waals surface area contributed by atoms with Crippen LogP contribution in [0, 0.1) is 13.8 Å². The van der Waals surface area contributed by atoms with Crippen LogP contribution in [0.1, 0.15) is 22.0 Å². The van der Waals surface area contributed by atoms with Gasteiger partial charge in [-0.15, -0.1) is 35.3 Å². The van der Waals surface area contributed by atoms with Crippen LogP contribution in [0.5, 0.6) is 0 Å². The number of aromatic nitrogens is 1. The lowest BCUT2D eigenvalue weighted by Crippen LogP contribution is -2.39. The monoisotopic (exact) mass is 565 g/mol. The quantitative estimate of drug-likeness (QED) is 0.270. The third-order valence-electron chi connectivity index (χ3n) is 3.70. The molecule has 0 saturated carbocycles. The molecule has 0 atom stereocenters. The number of rotatable bonds is 7. The van der Waals surface area contributed by atoms with Crippen molar-refractivity contribution in [3.8, 4) is 0 Å². The van der Waals surface area contributed by atoms with Gasteiger partial charge in [-0.1, -0.05) is 15.9 Å². The summed E-state index contributed by atoms with van der Waals surface area (Å²) in [5.74, 6) is 0.649. The Balaban J connectivity index is 0.00000364. The van der Waals surface area contributed by atoms with Gasteiger partial charge in [0.1, 0.15) is 0 Å². The Morgan fingerprint density at radius 1 is 1.19 bits per heavy atom. The summed E-state index contributed by atoms with van der Waals surface area (Å²) in [5.41, 5.74) is 1.89. The molecule has 1 aromatic carbocycles. The van der Waals surface area contributed by atoms with Gasteiger partial charge in [-0.05, 0) is 38.1 Å². The van der Waals surface area contributed by atoms with E-state index in [4.69, 9.17) is 0 Å². The largest absolute Gasteiger partial charge is 0.356 e. The summed E-state index contributed by atoms with van der Waals surface area (Å²) in [7, 11) is 1.72. The van der Waals surface area contributed by atoms with Crippen molar-refractivity contribution in [2.24, 2.45) is 4.99 Å². The van der Waals surface area contributed by atoms with E-state index in [1.165, 1.54) is 4.88 Å². The van der Waals surface area contributed by atoms with Gasteiger partial charge in [0.05, 0.1) is 10.7 Å². The van der Waals surface area contributed by atoms with E-state index in [1.807, 2.05) is 31.2 Å². The first-order valence-corrected chi connectivity index (χ1v) is 10.0. The van der Waals surface area contributed by atoms with Crippen LogP contribution in [0.4, 0.5) is 5.69 Å². The first-order chi connectivity index (χ1) is 12.5. The molecule has 0 unspecified atom stereocenters. The van der Waals surface area contributed by atoms with E-state index in [-0.39, 0.29) is 29.9 Å². The van der Waals surface area contributed by atoms with Crippen LogP contribution in [0.15, 0.2) is 33.7 Å². The van der Waals surface area contributed by atoms with Crippen molar-refractivity contribution >= 4 is 68.8 Å². The Hall–Kier alpha value is -1.20. The molecular formula is C18H25BrIN5OS.